The van der Waals surface area contributed by atoms with E-state index in [1.54, 1.807) is 0 Å². The quantitative estimate of drug-likeness (QED) is 0.569. The van der Waals surface area contributed by atoms with Crippen molar-refractivity contribution in [1.82, 2.24) is 10.2 Å². The number of nitrogens with zero attached hydrogens (tertiary/aromatic N) is 1. The van der Waals surface area contributed by atoms with Gasteiger partial charge in [0.2, 0.25) is 5.91 Å². The molecule has 0 saturated carbocycles. The van der Waals surface area contributed by atoms with Crippen LogP contribution < -0.4 is 11.1 Å². The van der Waals surface area contributed by atoms with Gasteiger partial charge >= 0.3 is 0 Å². The Morgan fingerprint density at radius 1 is 1.35 bits per heavy atom. The summed E-state index contributed by atoms with van der Waals surface area (Å²) in [6.07, 6.45) is 4.73. The molecule has 17 heavy (non-hydrogen) atoms. The summed E-state index contributed by atoms with van der Waals surface area (Å²) in [5.41, 5.74) is 5.49. The summed E-state index contributed by atoms with van der Waals surface area (Å²) in [4.78, 5) is 13.8. The predicted molar refractivity (Wildman–Crippen MR) is 72.9 cm³/mol. The highest BCUT2D eigenvalue weighted by molar-refractivity contribution is 5.78. The third kappa shape index (κ3) is 9.12. The molecule has 0 rings (SSSR count). The van der Waals surface area contributed by atoms with Gasteiger partial charge in [-0.15, -0.1) is 0 Å². The fraction of sp³-hybridized carbons (Fsp3) is 0.923. The third-order valence-electron chi connectivity index (χ3n) is 2.91. The summed E-state index contributed by atoms with van der Waals surface area (Å²) in [6.45, 7) is 9.04. The van der Waals surface area contributed by atoms with E-state index >= 15 is 0 Å². The summed E-state index contributed by atoms with van der Waals surface area (Å²) in [5.74, 6) is 0.115. The summed E-state index contributed by atoms with van der Waals surface area (Å²) in [5, 5.41) is 3.04. The molecule has 3 N–H and O–H groups in total. The molecule has 1 atom stereocenters. The predicted octanol–water partition coefficient (Wildman–Crippen LogP) is 1.35. The lowest BCUT2D eigenvalue weighted by Gasteiger charge is -2.20. The summed E-state index contributed by atoms with van der Waals surface area (Å²) in [7, 11) is 0. The molecule has 102 valence electrons. The van der Waals surface area contributed by atoms with Crippen LogP contribution in [0, 0.1) is 0 Å². The van der Waals surface area contributed by atoms with Gasteiger partial charge in [-0.2, -0.15) is 0 Å². The fourth-order valence-corrected chi connectivity index (χ4v) is 1.83. The van der Waals surface area contributed by atoms with Gasteiger partial charge < -0.3 is 11.1 Å². The molecule has 0 aliphatic carbocycles. The zero-order valence-electron chi connectivity index (χ0n) is 11.7. The molecule has 0 aliphatic heterocycles. The van der Waals surface area contributed by atoms with E-state index in [1.807, 2.05) is 6.92 Å². The number of amides is 1. The molecule has 4 nitrogen and oxygen atoms in total. The minimum atomic E-state index is 0.115. The lowest BCUT2D eigenvalue weighted by molar-refractivity contribution is -0.122. The van der Waals surface area contributed by atoms with Gasteiger partial charge in [-0.05, 0) is 19.9 Å². The smallest absolute Gasteiger partial charge is 0.234 e. The standard InChI is InChI=1S/C13H29N3O/c1-4-6-7-8-12(3)15-13(17)11-16(5-2)10-9-14/h12H,4-11,14H2,1-3H3,(H,15,17). The number of hydrogen-bond donors (Lipinski definition) is 2. The van der Waals surface area contributed by atoms with Gasteiger partial charge in [0.15, 0.2) is 0 Å². The molecular formula is C13H29N3O. The monoisotopic (exact) mass is 243 g/mol. The topological polar surface area (TPSA) is 58.4 Å². The lowest BCUT2D eigenvalue weighted by Crippen LogP contribution is -2.42. The van der Waals surface area contributed by atoms with Crippen LogP contribution in [-0.4, -0.2) is 43.0 Å². The van der Waals surface area contributed by atoms with E-state index < -0.39 is 0 Å². The molecule has 0 fully saturated rings. The first kappa shape index (κ1) is 16.4. The van der Waals surface area contributed by atoms with Crippen LogP contribution in [0.25, 0.3) is 0 Å². The van der Waals surface area contributed by atoms with Crippen molar-refractivity contribution < 1.29 is 4.79 Å². The number of unbranched alkanes of at least 4 members (excludes halogenated alkanes) is 2. The zero-order valence-corrected chi connectivity index (χ0v) is 11.7. The van der Waals surface area contributed by atoms with Crippen molar-refractivity contribution in [1.29, 1.82) is 0 Å². The van der Waals surface area contributed by atoms with Crippen LogP contribution in [0.3, 0.4) is 0 Å². The molecule has 0 heterocycles. The van der Waals surface area contributed by atoms with E-state index in [2.05, 4.69) is 24.1 Å². The Bertz CT molecular complexity index is 197. The summed E-state index contributed by atoms with van der Waals surface area (Å²) in [6, 6.07) is 0.283. The normalized spacial score (nSPS) is 12.8. The maximum absolute atomic E-state index is 11.7. The molecule has 0 aliphatic rings. The molecule has 0 saturated heterocycles. The van der Waals surface area contributed by atoms with Gasteiger partial charge in [0.25, 0.3) is 0 Å². The molecule has 0 aromatic carbocycles. The number of carbonyl (C=O) groups is 1. The minimum absolute atomic E-state index is 0.115. The Labute approximate surface area is 106 Å². The van der Waals surface area contributed by atoms with Gasteiger partial charge in [-0.3, -0.25) is 9.69 Å². The van der Waals surface area contributed by atoms with Crippen molar-refractivity contribution in [3.05, 3.63) is 0 Å². The van der Waals surface area contributed by atoms with Gasteiger partial charge in [-0.25, -0.2) is 0 Å². The lowest BCUT2D eigenvalue weighted by atomic mass is 10.1. The van der Waals surface area contributed by atoms with Crippen LogP contribution in [0.5, 0.6) is 0 Å². The highest BCUT2D eigenvalue weighted by atomic mass is 16.2. The fourth-order valence-electron chi connectivity index (χ4n) is 1.83. The first-order chi connectivity index (χ1) is 8.13. The molecule has 1 amide bonds. The van der Waals surface area contributed by atoms with Gasteiger partial charge in [0.05, 0.1) is 6.54 Å². The van der Waals surface area contributed by atoms with E-state index in [-0.39, 0.29) is 11.9 Å². The maximum atomic E-state index is 11.7. The highest BCUT2D eigenvalue weighted by Gasteiger charge is 2.10. The number of hydrogen-bond acceptors (Lipinski definition) is 3. The Morgan fingerprint density at radius 3 is 2.59 bits per heavy atom. The number of rotatable bonds is 10. The second kappa shape index (κ2) is 10.5. The minimum Gasteiger partial charge on any atom is -0.353 e. The summed E-state index contributed by atoms with van der Waals surface area (Å²) >= 11 is 0. The largest absolute Gasteiger partial charge is 0.353 e. The van der Waals surface area contributed by atoms with Crippen LogP contribution in [0.2, 0.25) is 0 Å². The van der Waals surface area contributed by atoms with E-state index in [0.29, 0.717) is 13.1 Å². The van der Waals surface area contributed by atoms with E-state index in [9.17, 15) is 4.79 Å². The van der Waals surface area contributed by atoms with Crippen LogP contribution in [0.4, 0.5) is 0 Å². The van der Waals surface area contributed by atoms with Crippen molar-refractivity contribution in [2.75, 3.05) is 26.2 Å². The zero-order chi connectivity index (χ0) is 13.1. The van der Waals surface area contributed by atoms with E-state index in [0.717, 1.165) is 19.5 Å². The van der Waals surface area contributed by atoms with Crippen molar-refractivity contribution in [3.63, 3.8) is 0 Å². The Morgan fingerprint density at radius 2 is 2.06 bits per heavy atom. The average molecular weight is 243 g/mol. The molecule has 4 heteroatoms. The Hall–Kier alpha value is -0.610. The van der Waals surface area contributed by atoms with Crippen molar-refractivity contribution >= 4 is 5.91 Å². The van der Waals surface area contributed by atoms with Gasteiger partial charge in [0.1, 0.15) is 0 Å². The summed E-state index contributed by atoms with van der Waals surface area (Å²) < 4.78 is 0. The van der Waals surface area contributed by atoms with Crippen molar-refractivity contribution in [2.45, 2.75) is 52.5 Å². The molecule has 1 unspecified atom stereocenters. The molecule has 0 spiro atoms. The van der Waals surface area contributed by atoms with Crippen LogP contribution in [0.15, 0.2) is 0 Å². The number of carbonyl (C=O) groups excluding carboxylic acids is 1. The first-order valence-electron chi connectivity index (χ1n) is 6.85. The second-order valence-electron chi connectivity index (χ2n) is 4.62. The molecule has 0 aromatic heterocycles. The van der Waals surface area contributed by atoms with Crippen LogP contribution >= 0.6 is 0 Å². The number of likely N-dealkylation sites (N-methyl/N-ethyl adjacent to an activating group) is 1. The van der Waals surface area contributed by atoms with Crippen molar-refractivity contribution in [3.8, 4) is 0 Å². The average Bonchev–Trinajstić information content (AvgIpc) is 2.28. The van der Waals surface area contributed by atoms with Crippen LogP contribution in [0.1, 0.15) is 46.5 Å². The molecular weight excluding hydrogens is 214 g/mol. The highest BCUT2D eigenvalue weighted by Crippen LogP contribution is 2.02. The molecule has 0 radical (unpaired) electrons. The van der Waals surface area contributed by atoms with Crippen molar-refractivity contribution in [2.24, 2.45) is 5.73 Å². The SMILES string of the molecule is CCCCCC(C)NC(=O)CN(CC)CCN. The molecule has 0 bridgehead atoms. The number of nitrogens with two attached hydrogens (primary N) is 1. The van der Waals surface area contributed by atoms with Gasteiger partial charge in [0, 0.05) is 19.1 Å². The third-order valence-corrected chi connectivity index (χ3v) is 2.91. The number of nitrogens with one attached hydrogen (secondary N) is 1. The van der Waals surface area contributed by atoms with E-state index in [1.165, 1.54) is 19.3 Å². The Kier molecular flexibility index (Phi) is 10.2. The van der Waals surface area contributed by atoms with Crippen LogP contribution in [-0.2, 0) is 4.79 Å². The molecule has 0 aromatic rings. The first-order valence-corrected chi connectivity index (χ1v) is 6.85. The van der Waals surface area contributed by atoms with E-state index in [4.69, 9.17) is 5.73 Å². The maximum Gasteiger partial charge on any atom is 0.234 e. The van der Waals surface area contributed by atoms with Gasteiger partial charge in [-0.1, -0.05) is 33.1 Å². The second-order valence-corrected chi connectivity index (χ2v) is 4.62. The Balaban J connectivity index is 3.75.